The minimum absolute atomic E-state index is 0.110. The van der Waals surface area contributed by atoms with Crippen LogP contribution >= 0.6 is 0 Å². The number of likely N-dealkylation sites (tertiary alicyclic amines) is 1. The van der Waals surface area contributed by atoms with Crippen LogP contribution in [-0.4, -0.2) is 29.8 Å². The fourth-order valence-corrected chi connectivity index (χ4v) is 3.22. The standard InChI is InChI=1S/C23H28N2O3/c1-17-13-15-25(16-14-17)22(27)23(2,3)21(26)24-18-9-11-20(12-10-18)28-19-7-5-4-6-8-19/h4-12,17H,13-16H2,1-3H3,(H,24,26). The molecule has 1 aliphatic heterocycles. The van der Waals surface area contributed by atoms with Crippen LogP contribution in [0.1, 0.15) is 33.6 Å². The predicted molar refractivity (Wildman–Crippen MR) is 110 cm³/mol. The van der Waals surface area contributed by atoms with Crippen LogP contribution in [0.15, 0.2) is 54.6 Å². The quantitative estimate of drug-likeness (QED) is 0.765. The Balaban J connectivity index is 1.60. The fourth-order valence-electron chi connectivity index (χ4n) is 3.22. The van der Waals surface area contributed by atoms with Gasteiger partial charge in [0.2, 0.25) is 11.8 Å². The minimum atomic E-state index is -1.11. The third-order valence-electron chi connectivity index (χ3n) is 5.26. The zero-order chi connectivity index (χ0) is 20.1. The Bertz CT molecular complexity index is 808. The van der Waals surface area contributed by atoms with E-state index in [1.54, 1.807) is 38.1 Å². The van der Waals surface area contributed by atoms with E-state index in [2.05, 4.69) is 12.2 Å². The highest BCUT2D eigenvalue weighted by Gasteiger charge is 2.39. The van der Waals surface area contributed by atoms with Gasteiger partial charge in [-0.15, -0.1) is 0 Å². The SMILES string of the molecule is CC1CCN(C(=O)C(C)(C)C(=O)Nc2ccc(Oc3ccccc3)cc2)CC1. The Morgan fingerprint density at radius 2 is 1.54 bits per heavy atom. The molecule has 0 unspecified atom stereocenters. The maximum absolute atomic E-state index is 12.9. The van der Waals surface area contributed by atoms with Gasteiger partial charge in [-0.2, -0.15) is 0 Å². The molecule has 2 amide bonds. The lowest BCUT2D eigenvalue weighted by Gasteiger charge is -2.35. The summed E-state index contributed by atoms with van der Waals surface area (Å²) in [6.45, 7) is 7.03. The van der Waals surface area contributed by atoms with Crippen molar-refractivity contribution in [1.29, 1.82) is 0 Å². The van der Waals surface area contributed by atoms with Gasteiger partial charge >= 0.3 is 0 Å². The first-order chi connectivity index (χ1) is 13.4. The molecule has 5 heteroatoms. The van der Waals surface area contributed by atoms with Crippen LogP contribution in [0.3, 0.4) is 0 Å². The summed E-state index contributed by atoms with van der Waals surface area (Å²) in [5, 5.41) is 2.86. The van der Waals surface area contributed by atoms with Crippen LogP contribution in [0.5, 0.6) is 11.5 Å². The zero-order valence-electron chi connectivity index (χ0n) is 16.8. The molecule has 3 rings (SSSR count). The van der Waals surface area contributed by atoms with Crippen molar-refractivity contribution in [1.82, 2.24) is 4.90 Å². The van der Waals surface area contributed by atoms with E-state index in [4.69, 9.17) is 4.74 Å². The van der Waals surface area contributed by atoms with Crippen molar-refractivity contribution < 1.29 is 14.3 Å². The van der Waals surface area contributed by atoms with E-state index in [1.807, 2.05) is 35.2 Å². The normalized spacial score (nSPS) is 15.2. The number of para-hydroxylation sites is 1. The smallest absolute Gasteiger partial charge is 0.239 e. The first kappa shape index (κ1) is 19.9. The number of hydrogen-bond acceptors (Lipinski definition) is 3. The predicted octanol–water partition coefficient (Wildman–Crippen LogP) is 4.70. The highest BCUT2D eigenvalue weighted by atomic mass is 16.5. The Morgan fingerprint density at radius 1 is 0.964 bits per heavy atom. The summed E-state index contributed by atoms with van der Waals surface area (Å²) in [4.78, 5) is 27.4. The van der Waals surface area contributed by atoms with Crippen LogP contribution in [0.2, 0.25) is 0 Å². The van der Waals surface area contributed by atoms with Gasteiger partial charge in [0, 0.05) is 18.8 Å². The molecule has 1 aliphatic rings. The number of anilines is 1. The summed E-state index contributed by atoms with van der Waals surface area (Å²) in [7, 11) is 0. The van der Waals surface area contributed by atoms with E-state index in [1.165, 1.54) is 0 Å². The summed E-state index contributed by atoms with van der Waals surface area (Å²) in [6, 6.07) is 16.7. The summed E-state index contributed by atoms with van der Waals surface area (Å²) in [6.07, 6.45) is 1.98. The molecule has 148 valence electrons. The van der Waals surface area contributed by atoms with Gasteiger partial charge in [-0.05, 0) is 69.0 Å². The molecule has 1 N–H and O–H groups in total. The van der Waals surface area contributed by atoms with E-state index >= 15 is 0 Å². The molecule has 28 heavy (non-hydrogen) atoms. The minimum Gasteiger partial charge on any atom is -0.457 e. The number of carbonyl (C=O) groups is 2. The van der Waals surface area contributed by atoms with E-state index < -0.39 is 5.41 Å². The first-order valence-electron chi connectivity index (χ1n) is 9.80. The lowest BCUT2D eigenvalue weighted by atomic mass is 9.88. The van der Waals surface area contributed by atoms with Crippen LogP contribution in [0.4, 0.5) is 5.69 Å². The molecule has 0 spiro atoms. The molecule has 0 bridgehead atoms. The molecular weight excluding hydrogens is 352 g/mol. The van der Waals surface area contributed by atoms with Crippen molar-refractivity contribution >= 4 is 17.5 Å². The number of benzene rings is 2. The molecule has 0 aromatic heterocycles. The molecule has 0 radical (unpaired) electrons. The van der Waals surface area contributed by atoms with Gasteiger partial charge in [0.15, 0.2) is 0 Å². The van der Waals surface area contributed by atoms with Crippen molar-refractivity contribution in [3.63, 3.8) is 0 Å². The molecule has 1 heterocycles. The van der Waals surface area contributed by atoms with Crippen LogP contribution < -0.4 is 10.1 Å². The van der Waals surface area contributed by atoms with Crippen molar-refractivity contribution in [3.05, 3.63) is 54.6 Å². The molecule has 2 aromatic rings. The monoisotopic (exact) mass is 380 g/mol. The van der Waals surface area contributed by atoms with Crippen molar-refractivity contribution in [2.24, 2.45) is 11.3 Å². The van der Waals surface area contributed by atoms with Gasteiger partial charge in [-0.3, -0.25) is 9.59 Å². The lowest BCUT2D eigenvalue weighted by molar-refractivity contribution is -0.147. The molecule has 1 saturated heterocycles. The molecule has 2 aromatic carbocycles. The number of rotatable bonds is 5. The highest BCUT2D eigenvalue weighted by molar-refractivity contribution is 6.09. The molecule has 0 saturated carbocycles. The molecule has 5 nitrogen and oxygen atoms in total. The summed E-state index contributed by atoms with van der Waals surface area (Å²) >= 11 is 0. The highest BCUT2D eigenvalue weighted by Crippen LogP contribution is 2.27. The summed E-state index contributed by atoms with van der Waals surface area (Å²) in [5.41, 5.74) is -0.474. The molecular formula is C23H28N2O3. The summed E-state index contributed by atoms with van der Waals surface area (Å²) in [5.74, 6) is 1.66. The maximum Gasteiger partial charge on any atom is 0.239 e. The zero-order valence-corrected chi connectivity index (χ0v) is 16.8. The van der Waals surface area contributed by atoms with Gasteiger partial charge in [-0.1, -0.05) is 25.1 Å². The average Bonchev–Trinajstić information content (AvgIpc) is 2.70. The number of carbonyl (C=O) groups excluding carboxylic acids is 2. The fraction of sp³-hybridized carbons (Fsp3) is 0.391. The number of ether oxygens (including phenoxy) is 1. The van der Waals surface area contributed by atoms with E-state index in [0.717, 1.165) is 31.7 Å². The number of hydrogen-bond donors (Lipinski definition) is 1. The lowest BCUT2D eigenvalue weighted by Crippen LogP contribution is -2.49. The topological polar surface area (TPSA) is 58.6 Å². The first-order valence-corrected chi connectivity index (χ1v) is 9.80. The summed E-state index contributed by atoms with van der Waals surface area (Å²) < 4.78 is 5.76. The maximum atomic E-state index is 12.9. The number of nitrogens with zero attached hydrogens (tertiary/aromatic N) is 1. The van der Waals surface area contributed by atoms with Crippen molar-refractivity contribution in [2.45, 2.75) is 33.6 Å². The van der Waals surface area contributed by atoms with Gasteiger partial charge in [0.05, 0.1) is 0 Å². The largest absolute Gasteiger partial charge is 0.457 e. The van der Waals surface area contributed by atoms with E-state index in [9.17, 15) is 9.59 Å². The van der Waals surface area contributed by atoms with Crippen LogP contribution in [0.25, 0.3) is 0 Å². The molecule has 1 fully saturated rings. The van der Waals surface area contributed by atoms with Crippen molar-refractivity contribution in [3.8, 4) is 11.5 Å². The Kier molecular flexibility index (Phi) is 6.02. The van der Waals surface area contributed by atoms with Gasteiger partial charge < -0.3 is 15.0 Å². The Morgan fingerprint density at radius 3 is 2.14 bits per heavy atom. The van der Waals surface area contributed by atoms with Crippen molar-refractivity contribution in [2.75, 3.05) is 18.4 Å². The second-order valence-corrected chi connectivity index (χ2v) is 7.99. The Labute approximate surface area is 166 Å². The average molecular weight is 380 g/mol. The third-order valence-corrected chi connectivity index (χ3v) is 5.26. The Hall–Kier alpha value is -2.82. The van der Waals surface area contributed by atoms with Gasteiger partial charge in [0.1, 0.15) is 16.9 Å². The third kappa shape index (κ3) is 4.71. The second-order valence-electron chi connectivity index (χ2n) is 7.99. The van der Waals surface area contributed by atoms with E-state index in [-0.39, 0.29) is 11.8 Å². The van der Waals surface area contributed by atoms with Gasteiger partial charge in [-0.25, -0.2) is 0 Å². The van der Waals surface area contributed by atoms with Crippen LogP contribution in [0, 0.1) is 11.3 Å². The van der Waals surface area contributed by atoms with Crippen LogP contribution in [-0.2, 0) is 9.59 Å². The molecule has 0 aliphatic carbocycles. The van der Waals surface area contributed by atoms with Gasteiger partial charge in [0.25, 0.3) is 0 Å². The number of nitrogens with one attached hydrogen (secondary N) is 1. The number of amides is 2. The van der Waals surface area contributed by atoms with E-state index in [0.29, 0.717) is 17.4 Å². The number of piperidine rings is 1. The molecule has 0 atom stereocenters. The second kappa shape index (κ2) is 8.46.